The van der Waals surface area contributed by atoms with Gasteiger partial charge in [0.1, 0.15) is 17.9 Å². The van der Waals surface area contributed by atoms with E-state index in [0.29, 0.717) is 50.0 Å². The van der Waals surface area contributed by atoms with Crippen LogP contribution in [0.1, 0.15) is 19.8 Å². The van der Waals surface area contributed by atoms with E-state index >= 15 is 0 Å². The van der Waals surface area contributed by atoms with Crippen molar-refractivity contribution in [3.63, 3.8) is 0 Å². The van der Waals surface area contributed by atoms with Gasteiger partial charge in [0.05, 0.1) is 36.3 Å². The van der Waals surface area contributed by atoms with Crippen molar-refractivity contribution in [2.45, 2.75) is 25.4 Å². The van der Waals surface area contributed by atoms with Gasteiger partial charge in [0.15, 0.2) is 5.13 Å². The molecule has 3 heterocycles. The number of amides is 2. The number of morpholine rings is 1. The van der Waals surface area contributed by atoms with Crippen LogP contribution in [0.15, 0.2) is 12.1 Å². The summed E-state index contributed by atoms with van der Waals surface area (Å²) in [6.07, 6.45) is 1.14. The number of thiazole rings is 1. The molecule has 2 saturated heterocycles. The number of carbonyl (C=O) groups is 1. The third kappa shape index (κ3) is 4.56. The lowest BCUT2D eigenvalue weighted by atomic mass is 9.82. The van der Waals surface area contributed by atoms with Crippen molar-refractivity contribution in [1.29, 1.82) is 0 Å². The first kappa shape index (κ1) is 22.0. The third-order valence-corrected chi connectivity index (χ3v) is 7.20. The molecule has 0 bridgehead atoms. The molecule has 4 rings (SSSR count). The molecule has 1 aromatic heterocycles. The monoisotopic (exact) mass is 452 g/mol. The number of rotatable bonds is 5. The average molecular weight is 453 g/mol. The summed E-state index contributed by atoms with van der Waals surface area (Å²) in [5.74, 6) is 0.516. The number of ether oxygens (including phenoxy) is 2. The highest BCUT2D eigenvalue weighted by Crippen LogP contribution is 2.40. The van der Waals surface area contributed by atoms with Crippen LogP contribution in [0, 0.1) is 5.92 Å². The number of halogens is 1. The zero-order valence-corrected chi connectivity index (χ0v) is 18.7. The third-order valence-electron chi connectivity index (χ3n) is 6.20. The van der Waals surface area contributed by atoms with Gasteiger partial charge in [-0.2, -0.15) is 0 Å². The number of urea groups is 1. The van der Waals surface area contributed by atoms with Gasteiger partial charge in [-0.1, -0.05) is 11.3 Å². The fraction of sp³-hybridized carbons (Fsp3) is 0.619. The summed E-state index contributed by atoms with van der Waals surface area (Å²) in [5, 5.41) is 13.6. The molecule has 170 valence electrons. The van der Waals surface area contributed by atoms with E-state index < -0.39 is 12.3 Å². The number of aromatic nitrogens is 1. The number of hydrogen-bond acceptors (Lipinski definition) is 7. The van der Waals surface area contributed by atoms with Gasteiger partial charge < -0.3 is 24.4 Å². The fourth-order valence-corrected chi connectivity index (χ4v) is 5.24. The number of nitrogens with zero attached hydrogens (tertiary/aromatic N) is 3. The minimum absolute atomic E-state index is 0.149. The number of piperidine rings is 1. The lowest BCUT2D eigenvalue weighted by Gasteiger charge is -2.38. The van der Waals surface area contributed by atoms with Crippen molar-refractivity contribution in [1.82, 2.24) is 9.88 Å². The summed E-state index contributed by atoms with van der Waals surface area (Å²) in [7, 11) is 1.61. The number of aliphatic hydroxyl groups is 1. The van der Waals surface area contributed by atoms with E-state index in [2.05, 4.69) is 15.2 Å². The molecule has 8 nitrogen and oxygen atoms in total. The number of anilines is 2. The quantitative estimate of drug-likeness (QED) is 0.725. The summed E-state index contributed by atoms with van der Waals surface area (Å²) in [6.45, 7) is 4.66. The predicted molar refractivity (Wildman–Crippen MR) is 119 cm³/mol. The largest absolute Gasteiger partial charge is 0.494 e. The summed E-state index contributed by atoms with van der Waals surface area (Å²) in [5.41, 5.74) is 0.457. The molecule has 0 aliphatic carbocycles. The zero-order chi connectivity index (χ0) is 22.0. The molecule has 2 aromatic rings. The first-order valence-corrected chi connectivity index (χ1v) is 11.4. The van der Waals surface area contributed by atoms with Crippen LogP contribution in [0.3, 0.4) is 0 Å². The first-order chi connectivity index (χ1) is 14.9. The van der Waals surface area contributed by atoms with E-state index in [9.17, 15) is 14.3 Å². The van der Waals surface area contributed by atoms with Gasteiger partial charge in [-0.15, -0.1) is 0 Å². The minimum atomic E-state index is -1.33. The second-order valence-electron chi connectivity index (χ2n) is 8.27. The van der Waals surface area contributed by atoms with Gasteiger partial charge >= 0.3 is 6.03 Å². The molecule has 1 aromatic carbocycles. The highest BCUT2D eigenvalue weighted by atomic mass is 32.1. The van der Waals surface area contributed by atoms with Crippen molar-refractivity contribution in [3.05, 3.63) is 12.1 Å². The van der Waals surface area contributed by atoms with E-state index in [4.69, 9.17) is 9.47 Å². The second-order valence-corrected chi connectivity index (χ2v) is 9.26. The van der Waals surface area contributed by atoms with E-state index in [-0.39, 0.29) is 11.9 Å². The summed E-state index contributed by atoms with van der Waals surface area (Å²) in [4.78, 5) is 21.4. The van der Waals surface area contributed by atoms with E-state index in [1.54, 1.807) is 12.0 Å². The topological polar surface area (TPSA) is 87.2 Å². The maximum atomic E-state index is 13.1. The van der Waals surface area contributed by atoms with Crippen molar-refractivity contribution in [2.24, 2.45) is 5.92 Å². The predicted octanol–water partition coefficient (Wildman–Crippen LogP) is 3.11. The van der Waals surface area contributed by atoms with Crippen LogP contribution in [0.4, 0.5) is 20.0 Å². The number of benzene rings is 1. The van der Waals surface area contributed by atoms with Crippen LogP contribution in [-0.2, 0) is 4.74 Å². The number of alkyl halides is 1. The number of methoxy groups -OCH3 is 1. The van der Waals surface area contributed by atoms with E-state index in [1.807, 2.05) is 12.1 Å². The van der Waals surface area contributed by atoms with Crippen molar-refractivity contribution in [3.8, 4) is 5.75 Å². The Morgan fingerprint density at radius 1 is 1.35 bits per heavy atom. The molecule has 1 unspecified atom stereocenters. The first-order valence-electron chi connectivity index (χ1n) is 10.6. The molecule has 1 atom stereocenters. The Balaban J connectivity index is 1.49. The maximum Gasteiger partial charge on any atom is 0.323 e. The van der Waals surface area contributed by atoms with E-state index in [0.717, 1.165) is 29.0 Å². The Labute approximate surface area is 184 Å². The molecule has 2 amide bonds. The number of nitrogens with one attached hydrogen (secondary N) is 1. The SMILES string of the molecule is COc1ccc(N2CCOCC2)c2sc(NC(=O)N3CCC(C(C)(O)CF)CC3)nc12. The average Bonchev–Trinajstić information content (AvgIpc) is 3.22. The molecular weight excluding hydrogens is 423 g/mol. The lowest BCUT2D eigenvalue weighted by Crippen LogP contribution is -2.47. The molecule has 31 heavy (non-hydrogen) atoms. The maximum absolute atomic E-state index is 13.1. The number of hydrogen-bond donors (Lipinski definition) is 2. The molecule has 0 spiro atoms. The number of likely N-dealkylation sites (tertiary alicyclic amines) is 1. The van der Waals surface area contributed by atoms with E-state index in [1.165, 1.54) is 18.3 Å². The number of fused-ring (bicyclic) bond motifs is 1. The lowest BCUT2D eigenvalue weighted by molar-refractivity contribution is -0.0405. The Hall–Kier alpha value is -2.17. The summed E-state index contributed by atoms with van der Waals surface area (Å²) < 4.78 is 25.0. The molecule has 2 N–H and O–H groups in total. The van der Waals surface area contributed by atoms with Crippen molar-refractivity contribution < 1.29 is 23.8 Å². The van der Waals surface area contributed by atoms with Crippen LogP contribution in [-0.4, -0.2) is 79.8 Å². The van der Waals surface area contributed by atoms with Crippen molar-refractivity contribution >= 4 is 38.4 Å². The standard InChI is InChI=1S/C21H29FN4O4S/c1-21(28,13-22)14-5-7-26(8-6-14)20(27)24-19-23-17-16(29-2)4-3-15(18(17)31-19)25-9-11-30-12-10-25/h3-4,14,28H,5-13H2,1-2H3,(H,23,24,27). The van der Waals surface area contributed by atoms with Crippen LogP contribution in [0.25, 0.3) is 10.2 Å². The molecule has 0 radical (unpaired) electrons. The Bertz CT molecular complexity index is 923. The molecule has 2 aliphatic rings. The highest BCUT2D eigenvalue weighted by molar-refractivity contribution is 7.23. The van der Waals surface area contributed by atoms with Gasteiger partial charge in [0, 0.05) is 26.2 Å². The van der Waals surface area contributed by atoms with Gasteiger partial charge in [-0.05, 0) is 37.8 Å². The van der Waals surface area contributed by atoms with Gasteiger partial charge in [-0.25, -0.2) is 14.2 Å². The summed E-state index contributed by atoms with van der Waals surface area (Å²) >= 11 is 1.43. The molecule has 2 aliphatic heterocycles. The second kappa shape index (κ2) is 9.13. The Kier molecular flexibility index (Phi) is 6.49. The van der Waals surface area contributed by atoms with Gasteiger partial charge in [0.25, 0.3) is 0 Å². The minimum Gasteiger partial charge on any atom is -0.494 e. The molecule has 10 heteroatoms. The molecular formula is C21H29FN4O4S. The van der Waals surface area contributed by atoms with Crippen LogP contribution in [0.2, 0.25) is 0 Å². The Morgan fingerprint density at radius 3 is 2.71 bits per heavy atom. The van der Waals surface area contributed by atoms with Crippen LogP contribution < -0.4 is 15.0 Å². The highest BCUT2D eigenvalue weighted by Gasteiger charge is 2.35. The number of carbonyl (C=O) groups excluding carboxylic acids is 1. The zero-order valence-electron chi connectivity index (χ0n) is 17.9. The Morgan fingerprint density at radius 2 is 2.06 bits per heavy atom. The van der Waals surface area contributed by atoms with Crippen LogP contribution in [0.5, 0.6) is 5.75 Å². The molecule has 0 saturated carbocycles. The fourth-order valence-electron chi connectivity index (χ4n) is 4.23. The van der Waals surface area contributed by atoms with Gasteiger partial charge in [-0.3, -0.25) is 5.32 Å². The van der Waals surface area contributed by atoms with Gasteiger partial charge in [0.2, 0.25) is 0 Å². The molecule has 2 fully saturated rings. The van der Waals surface area contributed by atoms with Crippen molar-refractivity contribution in [2.75, 3.05) is 63.4 Å². The van der Waals surface area contributed by atoms with Crippen LogP contribution >= 0.6 is 11.3 Å². The summed E-state index contributed by atoms with van der Waals surface area (Å²) in [6, 6.07) is 3.70. The smallest absolute Gasteiger partial charge is 0.323 e. The normalized spacial score (nSPS) is 20.0.